The zero-order chi connectivity index (χ0) is 23.9. The van der Waals surface area contributed by atoms with Crippen molar-refractivity contribution in [1.82, 2.24) is 15.2 Å². The number of aromatic nitrogens is 1. The van der Waals surface area contributed by atoms with Crippen LogP contribution in [0.2, 0.25) is 0 Å². The minimum absolute atomic E-state index is 0.0514. The largest absolute Gasteiger partial charge is 0.496 e. The monoisotopic (exact) mass is 478 g/mol. The summed E-state index contributed by atoms with van der Waals surface area (Å²) in [5.41, 5.74) is 2.90. The fraction of sp³-hybridized carbons (Fsp3) is 0.308. The summed E-state index contributed by atoms with van der Waals surface area (Å²) in [5.74, 6) is 1.98. The van der Waals surface area contributed by atoms with Crippen molar-refractivity contribution in [3.8, 4) is 17.1 Å². The second-order valence-corrected chi connectivity index (χ2v) is 8.93. The van der Waals surface area contributed by atoms with Crippen LogP contribution >= 0.6 is 11.3 Å². The van der Waals surface area contributed by atoms with Gasteiger partial charge >= 0.3 is 6.03 Å². The van der Waals surface area contributed by atoms with Crippen molar-refractivity contribution in [2.45, 2.75) is 26.8 Å². The molecule has 0 aliphatic rings. The van der Waals surface area contributed by atoms with Gasteiger partial charge in [-0.15, -0.1) is 11.3 Å². The summed E-state index contributed by atoms with van der Waals surface area (Å²) < 4.78 is 12.4. The summed E-state index contributed by atoms with van der Waals surface area (Å²) in [6, 6.07) is 14.1. The van der Waals surface area contributed by atoms with E-state index in [9.17, 15) is 4.79 Å². The maximum absolute atomic E-state index is 12.9. The van der Waals surface area contributed by atoms with Crippen LogP contribution in [0.5, 0.6) is 5.75 Å². The molecule has 8 heteroatoms. The molecule has 0 saturated carbocycles. The van der Waals surface area contributed by atoms with Gasteiger partial charge in [0.05, 0.1) is 18.9 Å². The van der Waals surface area contributed by atoms with E-state index in [4.69, 9.17) is 9.15 Å². The zero-order valence-electron chi connectivity index (χ0n) is 19.8. The van der Waals surface area contributed by atoms with Crippen LogP contribution in [0, 0.1) is 6.92 Å². The van der Waals surface area contributed by atoms with Crippen LogP contribution in [-0.4, -0.2) is 42.7 Å². The number of carbonyl (C=O) groups excluding carboxylic acids is 1. The van der Waals surface area contributed by atoms with Crippen molar-refractivity contribution in [1.29, 1.82) is 0 Å². The zero-order valence-corrected chi connectivity index (χ0v) is 20.6. The van der Waals surface area contributed by atoms with E-state index in [1.165, 1.54) is 10.1 Å². The van der Waals surface area contributed by atoms with Gasteiger partial charge in [-0.25, -0.2) is 9.78 Å². The number of fused-ring (bicyclic) bond motifs is 1. The molecule has 178 valence electrons. The summed E-state index contributed by atoms with van der Waals surface area (Å²) in [6.07, 6.45) is 2.59. The number of nitrogens with one attached hydrogen (secondary N) is 2. The number of hydrogen-bond donors (Lipinski definition) is 2. The molecule has 2 N–H and O–H groups in total. The van der Waals surface area contributed by atoms with Crippen LogP contribution < -0.4 is 15.4 Å². The van der Waals surface area contributed by atoms with Crippen molar-refractivity contribution in [2.24, 2.45) is 0 Å². The van der Waals surface area contributed by atoms with E-state index in [2.05, 4.69) is 46.1 Å². The van der Waals surface area contributed by atoms with Gasteiger partial charge in [0, 0.05) is 49.6 Å². The number of anilines is 1. The van der Waals surface area contributed by atoms with Gasteiger partial charge in [0.15, 0.2) is 11.7 Å². The number of amides is 2. The first-order valence-electron chi connectivity index (χ1n) is 11.4. The molecule has 2 aromatic carbocycles. The SMILES string of the molecule is CCCN(CCNc1ccc(-c2cnc(C)o2)c(OC)c1)C(=O)NCc1cccc2sccc12. The minimum Gasteiger partial charge on any atom is -0.496 e. The minimum atomic E-state index is -0.0514. The van der Waals surface area contributed by atoms with Gasteiger partial charge in [0.2, 0.25) is 0 Å². The van der Waals surface area contributed by atoms with Gasteiger partial charge in [-0.05, 0) is 47.0 Å². The van der Waals surface area contributed by atoms with Crippen LogP contribution in [0.3, 0.4) is 0 Å². The summed E-state index contributed by atoms with van der Waals surface area (Å²) in [7, 11) is 1.63. The van der Waals surface area contributed by atoms with Crippen LogP contribution in [0.25, 0.3) is 21.4 Å². The fourth-order valence-corrected chi connectivity index (χ4v) is 4.74. The third kappa shape index (κ3) is 5.51. The number of hydrogen-bond acceptors (Lipinski definition) is 6. The molecule has 34 heavy (non-hydrogen) atoms. The highest BCUT2D eigenvalue weighted by atomic mass is 32.1. The Kier molecular flexibility index (Phi) is 7.69. The van der Waals surface area contributed by atoms with E-state index in [-0.39, 0.29) is 6.03 Å². The number of aryl methyl sites for hydroxylation is 1. The number of carbonyl (C=O) groups is 1. The molecule has 0 atom stereocenters. The predicted molar refractivity (Wildman–Crippen MR) is 138 cm³/mol. The van der Waals surface area contributed by atoms with Crippen LogP contribution in [-0.2, 0) is 6.54 Å². The number of rotatable bonds is 10. The Balaban J connectivity index is 1.34. The second-order valence-electron chi connectivity index (χ2n) is 7.98. The molecule has 4 rings (SSSR count). The van der Waals surface area contributed by atoms with E-state index in [1.54, 1.807) is 24.6 Å². The molecule has 0 saturated heterocycles. The summed E-state index contributed by atoms with van der Waals surface area (Å²) >= 11 is 1.71. The van der Waals surface area contributed by atoms with Gasteiger partial charge in [-0.1, -0.05) is 19.1 Å². The molecule has 0 aliphatic carbocycles. The molecule has 0 fully saturated rings. The molecule has 2 heterocycles. The van der Waals surface area contributed by atoms with Crippen LogP contribution in [0.15, 0.2) is 58.5 Å². The standard InChI is InChI=1S/C26H30N4O3S/c1-4-12-30(26(31)29-16-19-6-5-7-25-21(19)10-14-34-25)13-11-27-20-8-9-22(23(15-20)32-3)24-17-28-18(2)33-24/h5-10,14-15,17,27H,4,11-13,16H2,1-3H3,(H,29,31). The molecule has 0 radical (unpaired) electrons. The second kappa shape index (κ2) is 11.1. The lowest BCUT2D eigenvalue weighted by Crippen LogP contribution is -2.42. The van der Waals surface area contributed by atoms with Crippen molar-refractivity contribution in [3.05, 3.63) is 65.5 Å². The smallest absolute Gasteiger partial charge is 0.317 e. The Hall–Kier alpha value is -3.52. The van der Waals surface area contributed by atoms with E-state index < -0.39 is 0 Å². The van der Waals surface area contributed by atoms with Gasteiger partial charge in [0.25, 0.3) is 0 Å². The first-order chi connectivity index (χ1) is 16.6. The molecule has 0 unspecified atom stereocenters. The van der Waals surface area contributed by atoms with Crippen LogP contribution in [0.4, 0.5) is 10.5 Å². The normalized spacial score (nSPS) is 10.9. The Labute approximate surface area is 203 Å². The molecular formula is C26H30N4O3S. The highest BCUT2D eigenvalue weighted by Gasteiger charge is 2.14. The molecule has 2 amide bonds. The van der Waals surface area contributed by atoms with Crippen LogP contribution in [0.1, 0.15) is 24.8 Å². The lowest BCUT2D eigenvalue weighted by Gasteiger charge is -2.23. The highest BCUT2D eigenvalue weighted by Crippen LogP contribution is 2.32. The molecule has 0 spiro atoms. The lowest BCUT2D eigenvalue weighted by molar-refractivity contribution is 0.199. The molecule has 0 aliphatic heterocycles. The molecule has 4 aromatic rings. The van der Waals surface area contributed by atoms with Crippen molar-refractivity contribution in [2.75, 3.05) is 32.1 Å². The lowest BCUT2D eigenvalue weighted by atomic mass is 10.1. The molecule has 2 aromatic heterocycles. The quantitative estimate of drug-likeness (QED) is 0.296. The number of oxazole rings is 1. The number of urea groups is 1. The van der Waals surface area contributed by atoms with Gasteiger partial charge in [0.1, 0.15) is 5.75 Å². The molecular weight excluding hydrogens is 448 g/mol. The Morgan fingerprint density at radius 3 is 2.85 bits per heavy atom. The molecule has 7 nitrogen and oxygen atoms in total. The van der Waals surface area contributed by atoms with Crippen molar-refractivity contribution >= 4 is 33.1 Å². The Morgan fingerprint density at radius 2 is 2.09 bits per heavy atom. The van der Waals surface area contributed by atoms with Gasteiger partial charge < -0.3 is 24.7 Å². The van der Waals surface area contributed by atoms with E-state index in [0.717, 1.165) is 23.2 Å². The average Bonchev–Trinajstić information content (AvgIpc) is 3.51. The number of methoxy groups -OCH3 is 1. The predicted octanol–water partition coefficient (Wildman–Crippen LogP) is 5.91. The Morgan fingerprint density at radius 1 is 1.21 bits per heavy atom. The number of benzene rings is 2. The fourth-order valence-electron chi connectivity index (χ4n) is 3.90. The van der Waals surface area contributed by atoms with E-state index >= 15 is 0 Å². The molecule has 0 bridgehead atoms. The maximum Gasteiger partial charge on any atom is 0.317 e. The van der Waals surface area contributed by atoms with Gasteiger partial charge in [-0.3, -0.25) is 0 Å². The number of nitrogens with zero attached hydrogens (tertiary/aromatic N) is 2. The summed E-state index contributed by atoms with van der Waals surface area (Å²) in [5, 5.41) is 9.77. The topological polar surface area (TPSA) is 79.6 Å². The van der Waals surface area contributed by atoms with E-state index in [0.29, 0.717) is 43.6 Å². The third-order valence-corrected chi connectivity index (χ3v) is 6.48. The number of thiophene rings is 1. The van der Waals surface area contributed by atoms with Crippen molar-refractivity contribution in [3.63, 3.8) is 0 Å². The summed E-state index contributed by atoms with van der Waals surface area (Å²) in [6.45, 7) is 6.32. The Bertz CT molecular complexity index is 1250. The van der Waals surface area contributed by atoms with Gasteiger partial charge in [-0.2, -0.15) is 0 Å². The third-order valence-electron chi connectivity index (χ3n) is 5.60. The van der Waals surface area contributed by atoms with Crippen molar-refractivity contribution < 1.29 is 13.9 Å². The first kappa shape index (κ1) is 23.6. The average molecular weight is 479 g/mol. The highest BCUT2D eigenvalue weighted by molar-refractivity contribution is 7.17. The number of ether oxygens (including phenoxy) is 1. The van der Waals surface area contributed by atoms with E-state index in [1.807, 2.05) is 36.1 Å². The summed E-state index contributed by atoms with van der Waals surface area (Å²) in [4.78, 5) is 18.9. The first-order valence-corrected chi connectivity index (χ1v) is 12.3. The maximum atomic E-state index is 12.9.